The molecule has 0 aliphatic carbocycles. The normalized spacial score (nSPS) is 15.3. The Morgan fingerprint density at radius 2 is 1.89 bits per heavy atom. The second kappa shape index (κ2) is 13.8. The SMILES string of the molecule is CCCCC(CC)CNC(=NC)NCc1ccc(CN2CCCC2=O)cc1.I. The van der Waals surface area contributed by atoms with Crippen LogP contribution in [0.1, 0.15) is 63.5 Å². The van der Waals surface area contributed by atoms with Gasteiger partial charge in [0, 0.05) is 39.6 Å². The maximum absolute atomic E-state index is 11.7. The Morgan fingerprint density at radius 3 is 2.46 bits per heavy atom. The van der Waals surface area contributed by atoms with Gasteiger partial charge in [-0.15, -0.1) is 24.0 Å². The van der Waals surface area contributed by atoms with Crippen molar-refractivity contribution in [2.45, 2.75) is 65.5 Å². The number of benzene rings is 1. The number of halogens is 1. The summed E-state index contributed by atoms with van der Waals surface area (Å²) < 4.78 is 0. The first-order valence-corrected chi connectivity index (χ1v) is 10.5. The fourth-order valence-electron chi connectivity index (χ4n) is 3.44. The molecule has 1 aliphatic rings. The molecule has 1 amide bonds. The highest BCUT2D eigenvalue weighted by molar-refractivity contribution is 14.0. The average molecular weight is 500 g/mol. The van der Waals surface area contributed by atoms with Crippen molar-refractivity contribution < 1.29 is 4.79 Å². The van der Waals surface area contributed by atoms with Crippen molar-refractivity contribution in [1.29, 1.82) is 0 Å². The number of carbonyl (C=O) groups excluding carboxylic acids is 1. The van der Waals surface area contributed by atoms with E-state index in [4.69, 9.17) is 0 Å². The zero-order chi connectivity index (χ0) is 19.5. The standard InChI is InChI=1S/C22H36N4O.HI/c1-4-6-8-18(5-2)15-24-22(23-3)25-16-19-10-12-20(13-11-19)17-26-14-7-9-21(26)27;/h10-13,18H,4-9,14-17H2,1-3H3,(H2,23,24,25);1H. The van der Waals surface area contributed by atoms with E-state index in [0.717, 1.165) is 38.6 Å². The van der Waals surface area contributed by atoms with Crippen molar-refractivity contribution in [2.24, 2.45) is 10.9 Å². The summed E-state index contributed by atoms with van der Waals surface area (Å²) in [6.07, 6.45) is 6.71. The van der Waals surface area contributed by atoms with Crippen LogP contribution in [-0.2, 0) is 17.9 Å². The van der Waals surface area contributed by atoms with E-state index in [1.807, 2.05) is 11.9 Å². The van der Waals surface area contributed by atoms with Gasteiger partial charge in [0.1, 0.15) is 0 Å². The van der Waals surface area contributed by atoms with Crippen molar-refractivity contribution in [3.63, 3.8) is 0 Å². The number of amides is 1. The quantitative estimate of drug-likeness (QED) is 0.286. The van der Waals surface area contributed by atoms with Gasteiger partial charge >= 0.3 is 0 Å². The first kappa shape index (κ1) is 24.7. The Hall–Kier alpha value is -1.31. The van der Waals surface area contributed by atoms with Gasteiger partial charge in [-0.05, 0) is 29.9 Å². The summed E-state index contributed by atoms with van der Waals surface area (Å²) in [6, 6.07) is 8.51. The van der Waals surface area contributed by atoms with E-state index in [9.17, 15) is 4.79 Å². The molecule has 0 saturated carbocycles. The van der Waals surface area contributed by atoms with Crippen LogP contribution in [-0.4, -0.2) is 36.9 Å². The topological polar surface area (TPSA) is 56.7 Å². The van der Waals surface area contributed by atoms with Crippen molar-refractivity contribution >= 4 is 35.8 Å². The molecule has 28 heavy (non-hydrogen) atoms. The lowest BCUT2D eigenvalue weighted by molar-refractivity contribution is -0.128. The lowest BCUT2D eigenvalue weighted by Crippen LogP contribution is -2.39. The van der Waals surface area contributed by atoms with E-state index in [-0.39, 0.29) is 29.9 Å². The fraction of sp³-hybridized carbons (Fsp3) is 0.636. The average Bonchev–Trinajstić information content (AvgIpc) is 3.10. The van der Waals surface area contributed by atoms with Gasteiger partial charge < -0.3 is 15.5 Å². The van der Waals surface area contributed by atoms with Crippen LogP contribution in [0.25, 0.3) is 0 Å². The molecule has 0 spiro atoms. The maximum Gasteiger partial charge on any atom is 0.222 e. The second-order valence-corrected chi connectivity index (χ2v) is 7.46. The number of nitrogens with one attached hydrogen (secondary N) is 2. The third-order valence-electron chi connectivity index (χ3n) is 5.35. The molecule has 158 valence electrons. The van der Waals surface area contributed by atoms with Crippen LogP contribution in [0.2, 0.25) is 0 Å². The molecular formula is C22H37IN4O. The van der Waals surface area contributed by atoms with Gasteiger partial charge in [-0.1, -0.05) is 57.4 Å². The molecule has 0 radical (unpaired) electrons. The highest BCUT2D eigenvalue weighted by Gasteiger charge is 2.19. The highest BCUT2D eigenvalue weighted by Crippen LogP contribution is 2.15. The summed E-state index contributed by atoms with van der Waals surface area (Å²) in [5, 5.41) is 6.85. The number of nitrogens with zero attached hydrogens (tertiary/aromatic N) is 2. The molecule has 2 rings (SSSR count). The van der Waals surface area contributed by atoms with Crippen LogP contribution in [0.15, 0.2) is 29.3 Å². The molecule has 1 saturated heterocycles. The minimum atomic E-state index is 0. The Labute approximate surface area is 187 Å². The molecular weight excluding hydrogens is 463 g/mol. The number of hydrogen-bond donors (Lipinski definition) is 2. The van der Waals surface area contributed by atoms with Crippen molar-refractivity contribution in [3.05, 3.63) is 35.4 Å². The molecule has 1 heterocycles. The summed E-state index contributed by atoms with van der Waals surface area (Å²) in [7, 11) is 1.82. The lowest BCUT2D eigenvalue weighted by atomic mass is 9.99. The molecule has 0 aromatic heterocycles. The number of aliphatic imine (C=N–C) groups is 1. The Bertz CT molecular complexity index is 603. The van der Waals surface area contributed by atoms with Crippen LogP contribution in [0, 0.1) is 5.92 Å². The molecule has 1 aromatic rings. The van der Waals surface area contributed by atoms with E-state index < -0.39 is 0 Å². The Balaban J connectivity index is 0.00000392. The summed E-state index contributed by atoms with van der Waals surface area (Å²) in [6.45, 7) is 7.84. The van der Waals surface area contributed by atoms with E-state index in [1.165, 1.54) is 36.8 Å². The van der Waals surface area contributed by atoms with Gasteiger partial charge in [0.2, 0.25) is 5.91 Å². The molecule has 1 aliphatic heterocycles. The number of rotatable bonds is 10. The molecule has 2 N–H and O–H groups in total. The summed E-state index contributed by atoms with van der Waals surface area (Å²) in [4.78, 5) is 18.0. The monoisotopic (exact) mass is 500 g/mol. The minimum Gasteiger partial charge on any atom is -0.356 e. The largest absolute Gasteiger partial charge is 0.356 e. The second-order valence-electron chi connectivity index (χ2n) is 7.46. The molecule has 1 unspecified atom stereocenters. The van der Waals surface area contributed by atoms with Gasteiger partial charge in [0.15, 0.2) is 5.96 Å². The molecule has 1 fully saturated rings. The Morgan fingerprint density at radius 1 is 1.18 bits per heavy atom. The van der Waals surface area contributed by atoms with Gasteiger partial charge in [0.05, 0.1) is 0 Å². The third-order valence-corrected chi connectivity index (χ3v) is 5.35. The van der Waals surface area contributed by atoms with Crippen LogP contribution in [0.5, 0.6) is 0 Å². The number of hydrogen-bond acceptors (Lipinski definition) is 2. The van der Waals surface area contributed by atoms with Crippen molar-refractivity contribution in [2.75, 3.05) is 20.1 Å². The lowest BCUT2D eigenvalue weighted by Gasteiger charge is -2.18. The van der Waals surface area contributed by atoms with Crippen LogP contribution in [0.3, 0.4) is 0 Å². The zero-order valence-electron chi connectivity index (χ0n) is 17.7. The highest BCUT2D eigenvalue weighted by atomic mass is 127. The zero-order valence-corrected chi connectivity index (χ0v) is 20.0. The number of guanidine groups is 1. The first-order valence-electron chi connectivity index (χ1n) is 10.5. The van der Waals surface area contributed by atoms with Gasteiger partial charge in [-0.3, -0.25) is 9.79 Å². The smallest absolute Gasteiger partial charge is 0.222 e. The summed E-state index contributed by atoms with van der Waals surface area (Å²) in [5.74, 6) is 1.84. The van der Waals surface area contributed by atoms with Crippen LogP contribution in [0.4, 0.5) is 0 Å². The fourth-order valence-corrected chi connectivity index (χ4v) is 3.44. The third kappa shape index (κ3) is 8.37. The van der Waals surface area contributed by atoms with E-state index in [0.29, 0.717) is 12.3 Å². The van der Waals surface area contributed by atoms with Crippen molar-refractivity contribution in [1.82, 2.24) is 15.5 Å². The molecule has 0 bridgehead atoms. The minimum absolute atomic E-state index is 0. The van der Waals surface area contributed by atoms with Crippen molar-refractivity contribution in [3.8, 4) is 0 Å². The maximum atomic E-state index is 11.7. The van der Waals surface area contributed by atoms with Gasteiger partial charge in [0.25, 0.3) is 0 Å². The van der Waals surface area contributed by atoms with E-state index in [1.54, 1.807) is 0 Å². The predicted octanol–water partition coefficient (Wildman–Crippen LogP) is 4.31. The van der Waals surface area contributed by atoms with Crippen LogP contribution >= 0.6 is 24.0 Å². The van der Waals surface area contributed by atoms with E-state index >= 15 is 0 Å². The first-order chi connectivity index (χ1) is 13.2. The number of carbonyl (C=O) groups is 1. The van der Waals surface area contributed by atoms with Gasteiger partial charge in [-0.25, -0.2) is 0 Å². The predicted molar refractivity (Wildman–Crippen MR) is 128 cm³/mol. The number of likely N-dealkylation sites (tertiary alicyclic amines) is 1. The van der Waals surface area contributed by atoms with Gasteiger partial charge in [-0.2, -0.15) is 0 Å². The summed E-state index contributed by atoms with van der Waals surface area (Å²) >= 11 is 0. The molecule has 1 aromatic carbocycles. The van der Waals surface area contributed by atoms with Crippen LogP contribution < -0.4 is 10.6 Å². The number of unbranched alkanes of at least 4 members (excludes halogenated alkanes) is 1. The molecule has 5 nitrogen and oxygen atoms in total. The molecule has 6 heteroatoms. The Kier molecular flexibility index (Phi) is 12.2. The summed E-state index contributed by atoms with van der Waals surface area (Å²) in [5.41, 5.74) is 2.41. The van der Waals surface area contributed by atoms with E-state index in [2.05, 4.69) is 53.7 Å². The molecule has 1 atom stereocenters.